The first-order valence-electron chi connectivity index (χ1n) is 8.37. The Labute approximate surface area is 154 Å². The maximum Gasteiger partial charge on any atom is 0.171 e. The van der Waals surface area contributed by atoms with E-state index in [1.807, 2.05) is 30.3 Å². The number of aromatic nitrogens is 1. The number of rotatable bonds is 5. The van der Waals surface area contributed by atoms with Gasteiger partial charge in [0.25, 0.3) is 0 Å². The van der Waals surface area contributed by atoms with E-state index in [-0.39, 0.29) is 6.04 Å². The van der Waals surface area contributed by atoms with Crippen LogP contribution >= 0.6 is 12.2 Å². The number of benzene rings is 2. The van der Waals surface area contributed by atoms with E-state index in [0.29, 0.717) is 5.11 Å². The molecule has 1 atom stereocenters. The fourth-order valence-electron chi connectivity index (χ4n) is 2.68. The van der Waals surface area contributed by atoms with E-state index in [2.05, 4.69) is 58.9 Å². The summed E-state index contributed by atoms with van der Waals surface area (Å²) in [5.41, 5.74) is 4.56. The van der Waals surface area contributed by atoms with Gasteiger partial charge < -0.3 is 10.6 Å². The van der Waals surface area contributed by atoms with Crippen LogP contribution in [0.1, 0.15) is 29.7 Å². The van der Waals surface area contributed by atoms with Crippen LogP contribution in [0.15, 0.2) is 79.1 Å². The highest BCUT2D eigenvalue weighted by molar-refractivity contribution is 7.80. The second-order valence-electron chi connectivity index (χ2n) is 5.77. The molecule has 0 saturated heterocycles. The zero-order valence-corrected chi connectivity index (χ0v) is 15.0. The van der Waals surface area contributed by atoms with Crippen LogP contribution in [0.2, 0.25) is 0 Å². The van der Waals surface area contributed by atoms with Crippen molar-refractivity contribution in [2.45, 2.75) is 19.4 Å². The molecule has 3 nitrogen and oxygen atoms in total. The van der Waals surface area contributed by atoms with Crippen LogP contribution in [0.4, 0.5) is 5.69 Å². The van der Waals surface area contributed by atoms with E-state index in [1.54, 1.807) is 12.4 Å². The second kappa shape index (κ2) is 8.40. The van der Waals surface area contributed by atoms with Crippen molar-refractivity contribution in [2.75, 3.05) is 5.32 Å². The standard InChI is InChI=1S/C21H21N3S/c1-2-16-8-10-19(11-9-16)23-21(25)24-20(17-6-4-3-5-7-17)18-12-14-22-15-13-18/h3-15,20H,2H2,1H3,(H2,23,24,25)/t20-/m0/s1. The molecule has 4 heteroatoms. The molecule has 0 spiro atoms. The zero-order valence-electron chi connectivity index (χ0n) is 14.1. The van der Waals surface area contributed by atoms with Gasteiger partial charge >= 0.3 is 0 Å². The molecule has 0 aliphatic rings. The molecule has 0 bridgehead atoms. The number of aryl methyl sites for hydroxylation is 1. The highest BCUT2D eigenvalue weighted by Crippen LogP contribution is 2.21. The zero-order chi connectivity index (χ0) is 17.5. The molecule has 25 heavy (non-hydrogen) atoms. The smallest absolute Gasteiger partial charge is 0.171 e. The van der Waals surface area contributed by atoms with E-state index >= 15 is 0 Å². The van der Waals surface area contributed by atoms with Gasteiger partial charge in [-0.25, -0.2) is 0 Å². The van der Waals surface area contributed by atoms with Crippen molar-refractivity contribution in [3.05, 3.63) is 95.8 Å². The summed E-state index contributed by atoms with van der Waals surface area (Å²) in [6.07, 6.45) is 4.63. The molecule has 1 heterocycles. The van der Waals surface area contributed by atoms with E-state index in [0.717, 1.165) is 23.2 Å². The fourth-order valence-corrected chi connectivity index (χ4v) is 2.92. The third kappa shape index (κ3) is 4.64. The van der Waals surface area contributed by atoms with Gasteiger partial charge in [-0.15, -0.1) is 0 Å². The molecule has 0 fully saturated rings. The predicted octanol–water partition coefficient (Wildman–Crippen LogP) is 4.72. The van der Waals surface area contributed by atoms with Crippen LogP contribution in [-0.4, -0.2) is 10.1 Å². The van der Waals surface area contributed by atoms with Gasteiger partial charge in [0.2, 0.25) is 0 Å². The molecule has 0 aliphatic heterocycles. The maximum atomic E-state index is 5.54. The lowest BCUT2D eigenvalue weighted by molar-refractivity contribution is 0.767. The summed E-state index contributed by atoms with van der Waals surface area (Å²) in [4.78, 5) is 4.11. The van der Waals surface area contributed by atoms with Gasteiger partial charge in [0.05, 0.1) is 6.04 Å². The molecule has 3 rings (SSSR count). The highest BCUT2D eigenvalue weighted by Gasteiger charge is 2.15. The third-order valence-electron chi connectivity index (χ3n) is 4.07. The number of pyridine rings is 1. The third-order valence-corrected chi connectivity index (χ3v) is 4.29. The van der Waals surface area contributed by atoms with Crippen molar-refractivity contribution >= 4 is 23.0 Å². The molecule has 0 radical (unpaired) electrons. The summed E-state index contributed by atoms with van der Waals surface area (Å²) >= 11 is 5.54. The van der Waals surface area contributed by atoms with Crippen molar-refractivity contribution < 1.29 is 0 Å². The first-order chi connectivity index (χ1) is 12.3. The molecule has 0 saturated carbocycles. The Balaban J connectivity index is 1.76. The van der Waals surface area contributed by atoms with Gasteiger partial charge in [-0.1, -0.05) is 49.4 Å². The Bertz CT molecular complexity index is 762. The Morgan fingerprint density at radius 3 is 2.20 bits per heavy atom. The quantitative estimate of drug-likeness (QED) is 0.655. The first-order valence-corrected chi connectivity index (χ1v) is 8.78. The number of nitrogens with one attached hydrogen (secondary N) is 2. The highest BCUT2D eigenvalue weighted by atomic mass is 32.1. The van der Waals surface area contributed by atoms with Crippen molar-refractivity contribution in [1.29, 1.82) is 0 Å². The van der Waals surface area contributed by atoms with Crippen molar-refractivity contribution in [1.82, 2.24) is 10.3 Å². The van der Waals surface area contributed by atoms with Crippen LogP contribution in [0.3, 0.4) is 0 Å². The van der Waals surface area contributed by atoms with Crippen molar-refractivity contribution in [3.63, 3.8) is 0 Å². The lowest BCUT2D eigenvalue weighted by Gasteiger charge is -2.22. The van der Waals surface area contributed by atoms with E-state index in [4.69, 9.17) is 12.2 Å². The van der Waals surface area contributed by atoms with Gasteiger partial charge in [0.15, 0.2) is 5.11 Å². The largest absolute Gasteiger partial charge is 0.352 e. The van der Waals surface area contributed by atoms with E-state index in [1.165, 1.54) is 5.56 Å². The number of nitrogens with zero attached hydrogens (tertiary/aromatic N) is 1. The molecular formula is C21H21N3S. The van der Waals surface area contributed by atoms with Gasteiger partial charge in [-0.05, 0) is 59.6 Å². The summed E-state index contributed by atoms with van der Waals surface area (Å²) in [7, 11) is 0. The van der Waals surface area contributed by atoms with E-state index in [9.17, 15) is 0 Å². The monoisotopic (exact) mass is 347 g/mol. The van der Waals surface area contributed by atoms with Gasteiger partial charge in [-0.2, -0.15) is 0 Å². The summed E-state index contributed by atoms with van der Waals surface area (Å²) in [6.45, 7) is 2.15. The fraction of sp³-hybridized carbons (Fsp3) is 0.143. The maximum absolute atomic E-state index is 5.54. The van der Waals surface area contributed by atoms with E-state index < -0.39 is 0 Å². The minimum atomic E-state index is -0.0286. The van der Waals surface area contributed by atoms with Crippen LogP contribution in [0.5, 0.6) is 0 Å². The first kappa shape index (κ1) is 17.1. The summed E-state index contributed by atoms with van der Waals surface area (Å²) < 4.78 is 0. The SMILES string of the molecule is CCc1ccc(NC(=S)N[C@@H](c2ccccc2)c2ccncc2)cc1. The Morgan fingerprint density at radius 1 is 0.920 bits per heavy atom. The van der Waals surface area contributed by atoms with Gasteiger partial charge in [0, 0.05) is 18.1 Å². The lowest BCUT2D eigenvalue weighted by atomic mass is 10.00. The predicted molar refractivity (Wildman–Crippen MR) is 108 cm³/mol. The average Bonchev–Trinajstić information content (AvgIpc) is 2.68. The molecule has 0 unspecified atom stereocenters. The Hall–Kier alpha value is -2.72. The van der Waals surface area contributed by atoms with Crippen LogP contribution < -0.4 is 10.6 Å². The molecule has 2 aromatic carbocycles. The van der Waals surface area contributed by atoms with Gasteiger partial charge in [-0.3, -0.25) is 4.98 Å². The summed E-state index contributed by atoms with van der Waals surface area (Å²) in [5.74, 6) is 0. The minimum Gasteiger partial charge on any atom is -0.352 e. The Morgan fingerprint density at radius 2 is 1.56 bits per heavy atom. The molecule has 2 N–H and O–H groups in total. The number of hydrogen-bond acceptors (Lipinski definition) is 2. The summed E-state index contributed by atoms with van der Waals surface area (Å²) in [5, 5.41) is 7.28. The number of thiocarbonyl (C=S) groups is 1. The van der Waals surface area contributed by atoms with Crippen LogP contribution in [-0.2, 0) is 6.42 Å². The number of anilines is 1. The molecule has 0 amide bonds. The normalized spacial score (nSPS) is 11.6. The minimum absolute atomic E-state index is 0.0286. The van der Waals surface area contributed by atoms with Crippen LogP contribution in [0.25, 0.3) is 0 Å². The van der Waals surface area contributed by atoms with Crippen LogP contribution in [0, 0.1) is 0 Å². The number of hydrogen-bond donors (Lipinski definition) is 2. The molecule has 1 aromatic heterocycles. The van der Waals surface area contributed by atoms with Crippen molar-refractivity contribution in [3.8, 4) is 0 Å². The molecule has 126 valence electrons. The average molecular weight is 347 g/mol. The second-order valence-corrected chi connectivity index (χ2v) is 6.18. The molecule has 0 aliphatic carbocycles. The Kier molecular flexibility index (Phi) is 5.75. The van der Waals surface area contributed by atoms with Crippen molar-refractivity contribution in [2.24, 2.45) is 0 Å². The topological polar surface area (TPSA) is 37.0 Å². The molecule has 3 aromatic rings. The molecular weight excluding hydrogens is 326 g/mol. The summed E-state index contributed by atoms with van der Waals surface area (Å²) in [6, 6.07) is 22.6. The lowest BCUT2D eigenvalue weighted by Crippen LogP contribution is -2.33. The van der Waals surface area contributed by atoms with Gasteiger partial charge in [0.1, 0.15) is 0 Å².